The van der Waals surface area contributed by atoms with E-state index < -0.39 is 0 Å². The summed E-state index contributed by atoms with van der Waals surface area (Å²) >= 11 is 0. The van der Waals surface area contributed by atoms with Gasteiger partial charge in [0.25, 0.3) is 0 Å². The normalized spacial score (nSPS) is 14.4. The third-order valence-electron chi connectivity index (χ3n) is 2.59. The molecule has 0 aromatic carbocycles. The maximum Gasteiger partial charge on any atom is 0.0697 e. The maximum absolute atomic E-state index is 5.87. The van der Waals surface area contributed by atoms with Gasteiger partial charge in [-0.25, -0.2) is 0 Å². The van der Waals surface area contributed by atoms with Crippen molar-refractivity contribution in [3.8, 4) is 0 Å². The van der Waals surface area contributed by atoms with E-state index in [4.69, 9.17) is 4.74 Å². The molecule has 1 atom stereocenters. The number of hydrogen-bond donors (Lipinski definition) is 1. The third-order valence-corrected chi connectivity index (χ3v) is 2.59. The zero-order valence-corrected chi connectivity index (χ0v) is 12.1. The van der Waals surface area contributed by atoms with Gasteiger partial charge in [0.05, 0.1) is 6.10 Å². The first-order valence-corrected chi connectivity index (χ1v) is 6.71. The van der Waals surface area contributed by atoms with Crippen LogP contribution in [0, 0.1) is 5.92 Å². The Morgan fingerprint density at radius 1 is 1.19 bits per heavy atom. The summed E-state index contributed by atoms with van der Waals surface area (Å²) in [6.07, 6.45) is 3.91. The Hall–Kier alpha value is -0.0800. The molecule has 0 aromatic rings. The predicted octanol–water partition coefficient (Wildman–Crippen LogP) is 3.61. The minimum absolute atomic E-state index is 0.189. The Bertz CT molecular complexity index is 161. The lowest BCUT2D eigenvalue weighted by Gasteiger charge is -2.25. The summed E-state index contributed by atoms with van der Waals surface area (Å²) in [7, 11) is 0. The average molecular weight is 229 g/mol. The summed E-state index contributed by atoms with van der Waals surface area (Å²) in [6, 6.07) is 0. The lowest BCUT2D eigenvalue weighted by atomic mass is 10.1. The Morgan fingerprint density at radius 2 is 1.81 bits per heavy atom. The van der Waals surface area contributed by atoms with E-state index in [1.54, 1.807) is 0 Å². The predicted molar refractivity (Wildman–Crippen MR) is 71.9 cm³/mol. The molecule has 0 aromatic heterocycles. The van der Waals surface area contributed by atoms with Gasteiger partial charge in [0, 0.05) is 18.7 Å². The number of ether oxygens (including phenoxy) is 1. The summed E-state index contributed by atoms with van der Waals surface area (Å²) < 4.78 is 5.87. The molecule has 0 aliphatic carbocycles. The highest BCUT2D eigenvalue weighted by molar-refractivity contribution is 4.73. The lowest BCUT2D eigenvalue weighted by molar-refractivity contribution is 0.0431. The first kappa shape index (κ1) is 15.9. The fraction of sp³-hybridized carbons (Fsp3) is 1.00. The highest BCUT2D eigenvalue weighted by Crippen LogP contribution is 2.06. The number of hydrogen-bond acceptors (Lipinski definition) is 2. The van der Waals surface area contributed by atoms with Crippen molar-refractivity contribution in [3.63, 3.8) is 0 Å². The smallest absolute Gasteiger partial charge is 0.0697 e. The van der Waals surface area contributed by atoms with Crippen LogP contribution in [0.2, 0.25) is 0 Å². The van der Waals surface area contributed by atoms with Gasteiger partial charge in [-0.15, -0.1) is 0 Å². The van der Waals surface area contributed by atoms with Crippen molar-refractivity contribution in [1.82, 2.24) is 5.32 Å². The molecule has 2 heteroatoms. The highest BCUT2D eigenvalue weighted by atomic mass is 16.5. The Kier molecular flexibility index (Phi) is 8.04. The summed E-state index contributed by atoms with van der Waals surface area (Å²) in [5, 5.41) is 3.50. The van der Waals surface area contributed by atoms with Gasteiger partial charge in [-0.2, -0.15) is 0 Å². The van der Waals surface area contributed by atoms with Gasteiger partial charge in [-0.05, 0) is 46.0 Å². The molecule has 1 unspecified atom stereocenters. The second-order valence-electron chi connectivity index (χ2n) is 6.07. The van der Waals surface area contributed by atoms with Crippen LogP contribution in [0.15, 0.2) is 0 Å². The van der Waals surface area contributed by atoms with E-state index in [9.17, 15) is 0 Å². The van der Waals surface area contributed by atoms with Gasteiger partial charge in [0.2, 0.25) is 0 Å². The van der Waals surface area contributed by atoms with Gasteiger partial charge in [-0.3, -0.25) is 0 Å². The summed E-state index contributed by atoms with van der Waals surface area (Å²) in [6.45, 7) is 15.2. The monoisotopic (exact) mass is 229 g/mol. The van der Waals surface area contributed by atoms with Crippen molar-refractivity contribution >= 4 is 0 Å². The zero-order chi connectivity index (χ0) is 12.6. The van der Waals surface area contributed by atoms with Crippen LogP contribution in [-0.2, 0) is 4.74 Å². The lowest BCUT2D eigenvalue weighted by Crippen LogP contribution is -2.41. The Morgan fingerprint density at radius 3 is 2.25 bits per heavy atom. The SMILES string of the molecule is CCC(CNC(C)(C)C)OCCCC(C)C. The van der Waals surface area contributed by atoms with Gasteiger partial charge in [0.15, 0.2) is 0 Å². The van der Waals surface area contributed by atoms with Crippen LogP contribution in [0.3, 0.4) is 0 Å². The molecule has 1 N–H and O–H groups in total. The fourth-order valence-electron chi connectivity index (χ4n) is 1.48. The largest absolute Gasteiger partial charge is 0.377 e. The van der Waals surface area contributed by atoms with Crippen LogP contribution in [0.25, 0.3) is 0 Å². The molecule has 0 heterocycles. The van der Waals surface area contributed by atoms with Crippen LogP contribution in [0.1, 0.15) is 60.8 Å². The molecule has 0 spiro atoms. The average Bonchev–Trinajstić information content (AvgIpc) is 2.15. The zero-order valence-electron chi connectivity index (χ0n) is 12.1. The van der Waals surface area contributed by atoms with Crippen LogP contribution >= 0.6 is 0 Å². The second kappa shape index (κ2) is 8.08. The van der Waals surface area contributed by atoms with Crippen LogP contribution in [0.5, 0.6) is 0 Å². The molecule has 0 rings (SSSR count). The van der Waals surface area contributed by atoms with E-state index in [0.29, 0.717) is 6.10 Å². The highest BCUT2D eigenvalue weighted by Gasteiger charge is 2.12. The van der Waals surface area contributed by atoms with Crippen LogP contribution in [-0.4, -0.2) is 24.8 Å². The van der Waals surface area contributed by atoms with Crippen molar-refractivity contribution in [2.24, 2.45) is 5.92 Å². The molecule has 16 heavy (non-hydrogen) atoms. The van der Waals surface area contributed by atoms with Crippen LogP contribution < -0.4 is 5.32 Å². The van der Waals surface area contributed by atoms with Crippen molar-refractivity contribution < 1.29 is 4.74 Å². The molecule has 0 fully saturated rings. The molecule has 98 valence electrons. The second-order valence-corrected chi connectivity index (χ2v) is 6.07. The van der Waals surface area contributed by atoms with Crippen molar-refractivity contribution in [2.45, 2.75) is 72.4 Å². The standard InChI is InChI=1S/C14H31NO/c1-7-13(11-15-14(4,5)6)16-10-8-9-12(2)3/h12-13,15H,7-11H2,1-6H3. The van der Waals surface area contributed by atoms with E-state index in [2.05, 4.69) is 46.9 Å². The van der Waals surface area contributed by atoms with E-state index in [1.807, 2.05) is 0 Å². The van der Waals surface area contributed by atoms with Crippen LogP contribution in [0.4, 0.5) is 0 Å². The Labute approximate surface area is 102 Å². The molecular weight excluding hydrogens is 198 g/mol. The van der Waals surface area contributed by atoms with Crippen molar-refractivity contribution in [2.75, 3.05) is 13.2 Å². The molecule has 0 aliphatic heterocycles. The number of rotatable bonds is 8. The van der Waals surface area contributed by atoms with Gasteiger partial charge in [-0.1, -0.05) is 20.8 Å². The molecule has 0 amide bonds. The van der Waals surface area contributed by atoms with E-state index in [1.165, 1.54) is 12.8 Å². The van der Waals surface area contributed by atoms with Gasteiger partial charge in [0.1, 0.15) is 0 Å². The molecule has 0 radical (unpaired) electrons. The van der Waals surface area contributed by atoms with Gasteiger partial charge >= 0.3 is 0 Å². The minimum atomic E-state index is 0.189. The maximum atomic E-state index is 5.87. The molecule has 0 saturated heterocycles. The quantitative estimate of drug-likeness (QED) is 0.642. The molecular formula is C14H31NO. The molecule has 0 aliphatic rings. The molecule has 0 bridgehead atoms. The fourth-order valence-corrected chi connectivity index (χ4v) is 1.48. The van der Waals surface area contributed by atoms with E-state index in [-0.39, 0.29) is 5.54 Å². The first-order chi connectivity index (χ1) is 7.35. The van der Waals surface area contributed by atoms with Crippen molar-refractivity contribution in [3.05, 3.63) is 0 Å². The number of nitrogens with one attached hydrogen (secondary N) is 1. The molecule has 2 nitrogen and oxygen atoms in total. The minimum Gasteiger partial charge on any atom is -0.377 e. The third kappa shape index (κ3) is 10.4. The Balaban J connectivity index is 3.59. The first-order valence-electron chi connectivity index (χ1n) is 6.71. The summed E-state index contributed by atoms with van der Waals surface area (Å²) in [4.78, 5) is 0. The summed E-state index contributed by atoms with van der Waals surface area (Å²) in [5.41, 5.74) is 0.189. The van der Waals surface area contributed by atoms with E-state index >= 15 is 0 Å². The topological polar surface area (TPSA) is 21.3 Å². The van der Waals surface area contributed by atoms with Crippen molar-refractivity contribution in [1.29, 1.82) is 0 Å². The van der Waals surface area contributed by atoms with Gasteiger partial charge < -0.3 is 10.1 Å². The molecule has 0 saturated carbocycles. The van der Waals surface area contributed by atoms with E-state index in [0.717, 1.165) is 25.5 Å². The summed E-state index contributed by atoms with van der Waals surface area (Å²) in [5.74, 6) is 0.788.